The van der Waals surface area contributed by atoms with Gasteiger partial charge in [0.15, 0.2) is 0 Å². The number of quaternary nitrogens is 1. The number of likely N-dealkylation sites (tertiary alicyclic amines) is 1. The highest BCUT2D eigenvalue weighted by Gasteiger charge is 2.30. The number of piperidine rings is 1. The van der Waals surface area contributed by atoms with Crippen molar-refractivity contribution >= 4 is 34.9 Å². The molecule has 1 fully saturated rings. The lowest BCUT2D eigenvalue weighted by molar-refractivity contribution is -0.838. The van der Waals surface area contributed by atoms with E-state index in [0.29, 0.717) is 42.1 Å². The van der Waals surface area contributed by atoms with Gasteiger partial charge in [-0.1, -0.05) is 30.3 Å². The molecule has 9 nitrogen and oxygen atoms in total. The van der Waals surface area contributed by atoms with Gasteiger partial charge < -0.3 is 20.4 Å². The maximum atomic E-state index is 13.4. The topological polar surface area (TPSA) is 114 Å². The van der Waals surface area contributed by atoms with Gasteiger partial charge in [-0.2, -0.15) is 16.8 Å². The molecule has 41 heavy (non-hydrogen) atoms. The lowest BCUT2D eigenvalue weighted by atomic mass is 10.0. The largest absolute Gasteiger partial charge is 0.352 e. The monoisotopic (exact) mass is 601 g/mol. The second kappa shape index (κ2) is 16.4. The van der Waals surface area contributed by atoms with Crippen molar-refractivity contribution in [2.24, 2.45) is 0 Å². The number of carbonyl (C=O) groups is 2. The van der Waals surface area contributed by atoms with Gasteiger partial charge in [0.05, 0.1) is 11.3 Å². The van der Waals surface area contributed by atoms with E-state index >= 15 is 0 Å². The van der Waals surface area contributed by atoms with Crippen molar-refractivity contribution in [2.45, 2.75) is 58.7 Å². The van der Waals surface area contributed by atoms with Gasteiger partial charge in [-0.3, -0.25) is 4.79 Å². The summed E-state index contributed by atoms with van der Waals surface area (Å²) in [6.07, 6.45) is 9.29. The fourth-order valence-corrected chi connectivity index (χ4v) is 6.10. The van der Waals surface area contributed by atoms with E-state index in [-0.39, 0.29) is 18.0 Å². The molecule has 0 bridgehead atoms. The second-order valence-electron chi connectivity index (χ2n) is 10.3. The molecular formula is C30H42ClN6O3S+. The van der Waals surface area contributed by atoms with Crippen molar-refractivity contribution in [2.75, 3.05) is 26.2 Å². The molecule has 0 aromatic carbocycles. The number of amides is 3. The Hall–Kier alpha value is -3.02. The molecule has 5 N–H and O–H groups in total. The van der Waals surface area contributed by atoms with Gasteiger partial charge in [0.1, 0.15) is 11.4 Å². The molecule has 1 unspecified atom stereocenters. The van der Waals surface area contributed by atoms with Crippen LogP contribution in [0.3, 0.4) is 0 Å². The molecule has 0 saturated carbocycles. The SMILES string of the molecule is C=C/C=C(\C=C/[NH2+]O)CNC(=O)N(Cc1ccsc1)C1CCN(C(C)CCNC(=O)c2c(C)cc(Cl)nc2C)CC1. The van der Waals surface area contributed by atoms with Gasteiger partial charge in [0, 0.05) is 44.8 Å². The van der Waals surface area contributed by atoms with Crippen LogP contribution < -0.4 is 16.1 Å². The first-order valence-corrected chi connectivity index (χ1v) is 15.2. The Morgan fingerprint density at radius 3 is 2.73 bits per heavy atom. The molecule has 3 heterocycles. The number of aryl methyl sites for hydroxylation is 2. The molecular weight excluding hydrogens is 560 g/mol. The summed E-state index contributed by atoms with van der Waals surface area (Å²) in [6.45, 7) is 12.8. The van der Waals surface area contributed by atoms with Crippen LogP contribution in [0.25, 0.3) is 0 Å². The molecule has 0 aliphatic carbocycles. The number of hydrogen-bond acceptors (Lipinski definition) is 6. The Morgan fingerprint density at radius 2 is 2.10 bits per heavy atom. The summed E-state index contributed by atoms with van der Waals surface area (Å²) in [6, 6.07) is 4.08. The molecule has 222 valence electrons. The van der Waals surface area contributed by atoms with Gasteiger partial charge in [0.25, 0.3) is 5.91 Å². The Balaban J connectivity index is 1.53. The first-order chi connectivity index (χ1) is 19.7. The van der Waals surface area contributed by atoms with Crippen molar-refractivity contribution in [1.82, 2.24) is 25.4 Å². The van der Waals surface area contributed by atoms with Gasteiger partial charge in [-0.05, 0) is 85.7 Å². The van der Waals surface area contributed by atoms with Crippen molar-refractivity contribution in [3.05, 3.63) is 87.0 Å². The predicted octanol–water partition coefficient (Wildman–Crippen LogP) is 4.18. The minimum absolute atomic E-state index is 0.107. The average molecular weight is 602 g/mol. The maximum Gasteiger partial charge on any atom is 0.318 e. The van der Waals surface area contributed by atoms with Crippen molar-refractivity contribution in [3.63, 3.8) is 0 Å². The number of nitrogens with zero attached hydrogens (tertiary/aromatic N) is 3. The Kier molecular flexibility index (Phi) is 13.0. The summed E-state index contributed by atoms with van der Waals surface area (Å²) in [5.74, 6) is -0.124. The number of nitrogens with two attached hydrogens (primary N) is 1. The van der Waals surface area contributed by atoms with Crippen LogP contribution in [0.15, 0.2) is 59.5 Å². The molecule has 3 rings (SSSR count). The highest BCUT2D eigenvalue weighted by molar-refractivity contribution is 7.07. The van der Waals surface area contributed by atoms with Gasteiger partial charge in [0.2, 0.25) is 0 Å². The maximum absolute atomic E-state index is 13.4. The molecule has 2 aromatic rings. The van der Waals surface area contributed by atoms with Gasteiger partial charge in [-0.25, -0.2) is 15.0 Å². The zero-order valence-corrected chi connectivity index (χ0v) is 25.7. The van der Waals surface area contributed by atoms with E-state index < -0.39 is 0 Å². The van der Waals surface area contributed by atoms with Crippen LogP contribution in [-0.4, -0.2) is 70.2 Å². The van der Waals surface area contributed by atoms with E-state index in [0.717, 1.165) is 54.5 Å². The van der Waals surface area contributed by atoms with Crippen LogP contribution in [0.2, 0.25) is 5.15 Å². The highest BCUT2D eigenvalue weighted by atomic mass is 35.5. The first-order valence-electron chi connectivity index (χ1n) is 13.9. The number of hydroxylamine groups is 1. The van der Waals surface area contributed by atoms with E-state index in [2.05, 4.69) is 45.5 Å². The third kappa shape index (κ3) is 9.79. The van der Waals surface area contributed by atoms with E-state index in [4.69, 9.17) is 16.8 Å². The molecule has 0 spiro atoms. The summed E-state index contributed by atoms with van der Waals surface area (Å²) < 4.78 is 0. The standard InChI is InChI=1S/C30H41ClN6O3S/c1-5-6-24(8-13-34-40)18-33-30(39)37(19-25-11-16-41-20-25)26-9-14-36(15-10-26)22(3)7-12-32-29(38)28-21(2)17-27(31)35-23(28)4/h5-6,8,11,13,16-17,20,22,26,34,40H,1,7,9-10,12,14-15,18-19H2,2-4H3,(H,32,38)(H,33,39)/p+1/b13-8-,24-6+. The number of urea groups is 1. The number of aromatic nitrogens is 1. The molecule has 3 amide bonds. The molecule has 1 saturated heterocycles. The van der Waals surface area contributed by atoms with Crippen molar-refractivity contribution in [3.8, 4) is 0 Å². The lowest BCUT2D eigenvalue weighted by Gasteiger charge is -2.40. The fraction of sp³-hybridized carbons (Fsp3) is 0.433. The Labute approximate surface area is 251 Å². The number of pyridine rings is 1. The zero-order chi connectivity index (χ0) is 29.8. The molecule has 1 aliphatic rings. The van der Waals surface area contributed by atoms with Crippen LogP contribution in [0.4, 0.5) is 4.79 Å². The van der Waals surface area contributed by atoms with Gasteiger partial charge >= 0.3 is 6.03 Å². The van der Waals surface area contributed by atoms with Crippen molar-refractivity contribution < 1.29 is 20.3 Å². The van der Waals surface area contributed by atoms with E-state index in [1.54, 1.807) is 42.6 Å². The van der Waals surface area contributed by atoms with Crippen LogP contribution in [0.1, 0.15) is 53.4 Å². The first kappa shape index (κ1) is 32.5. The lowest BCUT2D eigenvalue weighted by Crippen LogP contribution is -2.73. The number of nitrogens with one attached hydrogen (secondary N) is 2. The molecule has 1 aliphatic heterocycles. The molecule has 1 atom stereocenters. The smallest absolute Gasteiger partial charge is 0.318 e. The minimum atomic E-state index is -0.124. The predicted molar refractivity (Wildman–Crippen MR) is 164 cm³/mol. The second-order valence-corrected chi connectivity index (χ2v) is 11.5. The van der Waals surface area contributed by atoms with Crippen LogP contribution in [0.5, 0.6) is 0 Å². The zero-order valence-electron chi connectivity index (χ0n) is 24.1. The highest BCUT2D eigenvalue weighted by Crippen LogP contribution is 2.23. The summed E-state index contributed by atoms with van der Waals surface area (Å²) in [7, 11) is 0. The van der Waals surface area contributed by atoms with Crippen LogP contribution in [-0.2, 0) is 6.54 Å². The Morgan fingerprint density at radius 1 is 1.34 bits per heavy atom. The minimum Gasteiger partial charge on any atom is -0.352 e. The third-order valence-corrected chi connectivity index (χ3v) is 8.30. The summed E-state index contributed by atoms with van der Waals surface area (Å²) in [4.78, 5) is 34.7. The number of thiophene rings is 1. The summed E-state index contributed by atoms with van der Waals surface area (Å²) in [5.41, 5.74) is 4.95. The molecule has 2 aromatic heterocycles. The van der Waals surface area contributed by atoms with Crippen molar-refractivity contribution in [1.29, 1.82) is 0 Å². The summed E-state index contributed by atoms with van der Waals surface area (Å²) in [5, 5.41) is 19.6. The fourth-order valence-electron chi connectivity index (χ4n) is 5.15. The van der Waals surface area contributed by atoms with Gasteiger partial charge in [-0.15, -0.1) is 0 Å². The van der Waals surface area contributed by atoms with E-state index in [9.17, 15) is 9.59 Å². The number of allylic oxidation sites excluding steroid dienone is 2. The number of carbonyl (C=O) groups excluding carboxylic acids is 2. The quantitative estimate of drug-likeness (QED) is 0.156. The van der Waals surface area contributed by atoms with E-state index in [1.807, 2.05) is 17.2 Å². The van der Waals surface area contributed by atoms with E-state index in [1.165, 1.54) is 6.20 Å². The normalized spacial score (nSPS) is 15.6. The Bertz CT molecular complexity index is 1200. The van der Waals surface area contributed by atoms with Crippen LogP contribution >= 0.6 is 22.9 Å². The summed E-state index contributed by atoms with van der Waals surface area (Å²) >= 11 is 7.63. The molecule has 11 heteroatoms. The average Bonchev–Trinajstić information content (AvgIpc) is 3.46. The number of halogens is 1. The third-order valence-electron chi connectivity index (χ3n) is 7.37. The number of hydrogen-bond donors (Lipinski definition) is 4. The van der Waals surface area contributed by atoms with Crippen LogP contribution in [0, 0.1) is 13.8 Å². The molecule has 0 radical (unpaired) electrons. The number of rotatable bonds is 13.